The second-order valence-corrected chi connectivity index (χ2v) is 9.83. The van der Waals surface area contributed by atoms with Crippen LogP contribution in [0.5, 0.6) is 5.75 Å². The standard InChI is InChI=1S/C23H21N3O4S2/c1-15-3-5-18(6-4-15)26-32(28,29)20-8-9-21(16(2)11-20)30-14-23(27)25-19-7-10-22-17(12-19)13-24-31-22/h3-13,26H,14H2,1-2H3,(H,25,27). The molecule has 1 aromatic heterocycles. The summed E-state index contributed by atoms with van der Waals surface area (Å²) in [6.07, 6.45) is 1.75. The predicted octanol–water partition coefficient (Wildman–Crippen LogP) is 4.73. The van der Waals surface area contributed by atoms with Crippen LogP contribution in [0.15, 0.2) is 71.8 Å². The van der Waals surface area contributed by atoms with Crippen LogP contribution in [-0.4, -0.2) is 25.3 Å². The van der Waals surface area contributed by atoms with Gasteiger partial charge in [0.15, 0.2) is 6.61 Å². The summed E-state index contributed by atoms with van der Waals surface area (Å²) in [5.74, 6) is 0.122. The lowest BCUT2D eigenvalue weighted by molar-refractivity contribution is -0.118. The molecule has 32 heavy (non-hydrogen) atoms. The van der Waals surface area contributed by atoms with Crippen LogP contribution in [0, 0.1) is 13.8 Å². The van der Waals surface area contributed by atoms with Gasteiger partial charge in [-0.2, -0.15) is 4.37 Å². The molecule has 0 aliphatic rings. The maximum atomic E-state index is 12.7. The van der Waals surface area contributed by atoms with Crippen LogP contribution in [0.2, 0.25) is 0 Å². The van der Waals surface area contributed by atoms with Crippen molar-refractivity contribution in [3.05, 3.63) is 78.0 Å². The number of aromatic nitrogens is 1. The summed E-state index contributed by atoms with van der Waals surface area (Å²) in [6.45, 7) is 3.46. The highest BCUT2D eigenvalue weighted by molar-refractivity contribution is 7.92. The zero-order chi connectivity index (χ0) is 22.7. The number of carbonyl (C=O) groups excluding carboxylic acids is 1. The van der Waals surface area contributed by atoms with Gasteiger partial charge in [-0.05, 0) is 79.5 Å². The topological polar surface area (TPSA) is 97.4 Å². The van der Waals surface area contributed by atoms with E-state index in [9.17, 15) is 13.2 Å². The van der Waals surface area contributed by atoms with Gasteiger partial charge >= 0.3 is 0 Å². The number of benzene rings is 3. The van der Waals surface area contributed by atoms with Gasteiger partial charge in [0.2, 0.25) is 0 Å². The Morgan fingerprint density at radius 3 is 2.50 bits per heavy atom. The van der Waals surface area contributed by atoms with Crippen LogP contribution in [-0.2, 0) is 14.8 Å². The molecule has 0 bridgehead atoms. The first kappa shape index (κ1) is 21.8. The van der Waals surface area contributed by atoms with Crippen molar-refractivity contribution in [2.75, 3.05) is 16.6 Å². The van der Waals surface area contributed by atoms with Crippen LogP contribution in [0.25, 0.3) is 10.1 Å². The average Bonchev–Trinajstić information content (AvgIpc) is 3.22. The molecule has 3 aromatic carbocycles. The van der Waals surface area contributed by atoms with Crippen molar-refractivity contribution < 1.29 is 17.9 Å². The number of ether oxygens (including phenoxy) is 1. The van der Waals surface area contributed by atoms with Crippen molar-refractivity contribution in [3.63, 3.8) is 0 Å². The molecule has 7 nitrogen and oxygen atoms in total. The van der Waals surface area contributed by atoms with E-state index in [2.05, 4.69) is 14.4 Å². The Kier molecular flexibility index (Phi) is 6.11. The highest BCUT2D eigenvalue weighted by Gasteiger charge is 2.16. The molecule has 4 aromatic rings. The van der Waals surface area contributed by atoms with Crippen molar-refractivity contribution in [3.8, 4) is 5.75 Å². The highest BCUT2D eigenvalue weighted by Crippen LogP contribution is 2.24. The average molecular weight is 468 g/mol. The molecular formula is C23H21N3O4S2. The molecule has 1 amide bonds. The van der Waals surface area contributed by atoms with Gasteiger partial charge in [0, 0.05) is 23.0 Å². The molecule has 4 rings (SSSR count). The molecule has 0 aliphatic carbocycles. The van der Waals surface area contributed by atoms with E-state index in [4.69, 9.17) is 4.74 Å². The molecule has 0 saturated carbocycles. The van der Waals surface area contributed by atoms with Gasteiger partial charge in [-0.15, -0.1) is 0 Å². The summed E-state index contributed by atoms with van der Waals surface area (Å²) in [4.78, 5) is 12.4. The lowest BCUT2D eigenvalue weighted by Crippen LogP contribution is -2.20. The molecule has 0 radical (unpaired) electrons. The number of rotatable bonds is 7. The fourth-order valence-electron chi connectivity index (χ4n) is 3.08. The van der Waals surface area contributed by atoms with Gasteiger partial charge in [0.1, 0.15) is 5.75 Å². The third-order valence-corrected chi connectivity index (χ3v) is 6.91. The lowest BCUT2D eigenvalue weighted by atomic mass is 10.2. The molecule has 0 aliphatic heterocycles. The second kappa shape index (κ2) is 8.97. The van der Waals surface area contributed by atoms with Crippen molar-refractivity contribution in [1.82, 2.24) is 4.37 Å². The lowest BCUT2D eigenvalue weighted by Gasteiger charge is -2.12. The predicted molar refractivity (Wildman–Crippen MR) is 127 cm³/mol. The van der Waals surface area contributed by atoms with E-state index in [1.165, 1.54) is 23.7 Å². The number of fused-ring (bicyclic) bond motifs is 1. The van der Waals surface area contributed by atoms with Crippen LogP contribution >= 0.6 is 11.5 Å². The van der Waals surface area contributed by atoms with Gasteiger partial charge < -0.3 is 10.1 Å². The molecular weight excluding hydrogens is 446 g/mol. The van der Waals surface area contributed by atoms with E-state index in [0.29, 0.717) is 22.7 Å². The smallest absolute Gasteiger partial charge is 0.262 e. The molecule has 0 saturated heterocycles. The molecule has 164 valence electrons. The number of sulfonamides is 1. The Labute approximate surface area is 190 Å². The first-order chi connectivity index (χ1) is 15.3. The molecule has 0 unspecified atom stereocenters. The number of nitrogens with zero attached hydrogens (tertiary/aromatic N) is 1. The summed E-state index contributed by atoms with van der Waals surface area (Å²) in [7, 11) is -3.74. The number of hydrogen-bond acceptors (Lipinski definition) is 6. The number of carbonyl (C=O) groups is 1. The van der Waals surface area contributed by atoms with Crippen molar-refractivity contribution in [2.45, 2.75) is 18.7 Å². The first-order valence-corrected chi connectivity index (χ1v) is 12.0. The minimum atomic E-state index is -3.74. The second-order valence-electron chi connectivity index (χ2n) is 7.31. The maximum absolute atomic E-state index is 12.7. The third-order valence-electron chi connectivity index (χ3n) is 4.76. The highest BCUT2D eigenvalue weighted by atomic mass is 32.2. The van der Waals surface area contributed by atoms with Crippen molar-refractivity contribution in [2.24, 2.45) is 0 Å². The van der Waals surface area contributed by atoms with Gasteiger partial charge in [-0.1, -0.05) is 17.7 Å². The summed E-state index contributed by atoms with van der Waals surface area (Å²) < 4.78 is 38.7. The summed E-state index contributed by atoms with van der Waals surface area (Å²) >= 11 is 1.39. The molecule has 9 heteroatoms. The van der Waals surface area contributed by atoms with Gasteiger partial charge in [0.25, 0.3) is 15.9 Å². The minimum Gasteiger partial charge on any atom is -0.483 e. The number of nitrogens with one attached hydrogen (secondary N) is 2. The third kappa shape index (κ3) is 5.06. The van der Waals surface area contributed by atoms with Crippen LogP contribution in [0.4, 0.5) is 11.4 Å². The van der Waals surface area contributed by atoms with Crippen LogP contribution < -0.4 is 14.8 Å². The van der Waals surface area contributed by atoms with Gasteiger partial charge in [-0.25, -0.2) is 8.42 Å². The Hall–Kier alpha value is -3.43. The Bertz CT molecular complexity index is 1380. The largest absolute Gasteiger partial charge is 0.483 e. The van der Waals surface area contributed by atoms with E-state index < -0.39 is 10.0 Å². The Morgan fingerprint density at radius 1 is 1.00 bits per heavy atom. The van der Waals surface area contributed by atoms with E-state index in [-0.39, 0.29) is 17.4 Å². The molecule has 2 N–H and O–H groups in total. The number of amides is 1. The van der Waals surface area contributed by atoms with Crippen LogP contribution in [0.1, 0.15) is 11.1 Å². The fourth-order valence-corrected chi connectivity index (χ4v) is 4.85. The Balaban J connectivity index is 1.39. The number of anilines is 2. The number of aryl methyl sites for hydroxylation is 2. The SMILES string of the molecule is Cc1ccc(NS(=O)(=O)c2ccc(OCC(=O)Nc3ccc4sncc4c3)c(C)c2)cc1. The monoisotopic (exact) mass is 467 g/mol. The summed E-state index contributed by atoms with van der Waals surface area (Å²) in [5, 5.41) is 3.75. The zero-order valence-electron chi connectivity index (χ0n) is 17.5. The molecule has 1 heterocycles. The summed E-state index contributed by atoms with van der Waals surface area (Å²) in [6, 6.07) is 17.2. The van der Waals surface area contributed by atoms with Gasteiger partial charge in [-0.3, -0.25) is 9.52 Å². The quantitative estimate of drug-likeness (QED) is 0.409. The Morgan fingerprint density at radius 2 is 1.75 bits per heavy atom. The minimum absolute atomic E-state index is 0.116. The summed E-state index contributed by atoms with van der Waals surface area (Å²) in [5.41, 5.74) is 2.79. The molecule has 0 spiro atoms. The van der Waals surface area contributed by atoms with E-state index in [1.807, 2.05) is 37.3 Å². The number of hydrogen-bond donors (Lipinski definition) is 2. The normalized spacial score (nSPS) is 11.3. The van der Waals surface area contributed by atoms with E-state index >= 15 is 0 Å². The molecule has 0 atom stereocenters. The van der Waals surface area contributed by atoms with Crippen LogP contribution in [0.3, 0.4) is 0 Å². The fraction of sp³-hybridized carbons (Fsp3) is 0.130. The van der Waals surface area contributed by atoms with E-state index in [1.54, 1.807) is 31.3 Å². The van der Waals surface area contributed by atoms with Crippen molar-refractivity contribution >= 4 is 48.9 Å². The van der Waals surface area contributed by atoms with Gasteiger partial charge in [0.05, 0.1) is 9.60 Å². The van der Waals surface area contributed by atoms with E-state index in [0.717, 1.165) is 15.6 Å². The maximum Gasteiger partial charge on any atom is 0.262 e. The van der Waals surface area contributed by atoms with Crippen molar-refractivity contribution in [1.29, 1.82) is 0 Å². The first-order valence-electron chi connectivity index (χ1n) is 9.77. The zero-order valence-corrected chi connectivity index (χ0v) is 19.1. The molecule has 0 fully saturated rings.